The number of carboxylic acids is 1. The van der Waals surface area contributed by atoms with Crippen LogP contribution >= 0.6 is 0 Å². The smallest absolute Gasteiger partial charge is 0.321 e. The Balaban J connectivity index is 2.67. The van der Waals surface area contributed by atoms with E-state index in [1.807, 2.05) is 11.8 Å². The van der Waals surface area contributed by atoms with Crippen LogP contribution in [0.1, 0.15) is 26.7 Å². The van der Waals surface area contributed by atoms with Gasteiger partial charge in [-0.25, -0.2) is 0 Å². The highest BCUT2D eigenvalue weighted by Crippen LogP contribution is 2.22. The van der Waals surface area contributed by atoms with Gasteiger partial charge in [0.15, 0.2) is 0 Å². The van der Waals surface area contributed by atoms with E-state index in [9.17, 15) is 4.79 Å². The standard InChI is InChI=1S/C11H17NO2/c1-3-4-7-12-8-5-6-9(2)10(12)11(13)14/h9-10H,5-8H2,1-2H3,(H,13,14). The molecule has 0 aromatic heterocycles. The number of hydrogen-bond donors (Lipinski definition) is 1. The van der Waals surface area contributed by atoms with Gasteiger partial charge in [-0.2, -0.15) is 0 Å². The molecule has 0 aromatic carbocycles. The molecule has 1 N–H and O–H groups in total. The van der Waals surface area contributed by atoms with Crippen LogP contribution in [0, 0.1) is 17.8 Å². The van der Waals surface area contributed by atoms with Crippen molar-refractivity contribution < 1.29 is 9.90 Å². The summed E-state index contributed by atoms with van der Waals surface area (Å²) in [6.07, 6.45) is 2.09. The predicted octanol–water partition coefficient (Wildman–Crippen LogP) is 1.19. The number of carboxylic acid groups (broad SMARTS) is 1. The van der Waals surface area contributed by atoms with Crippen molar-refractivity contribution in [2.75, 3.05) is 13.1 Å². The molecule has 1 rings (SSSR count). The number of rotatable bonds is 2. The lowest BCUT2D eigenvalue weighted by molar-refractivity contribution is -0.146. The van der Waals surface area contributed by atoms with Crippen LogP contribution in [0.5, 0.6) is 0 Å². The molecule has 1 aliphatic rings. The first-order chi connectivity index (χ1) is 6.66. The van der Waals surface area contributed by atoms with Crippen molar-refractivity contribution in [2.45, 2.75) is 32.7 Å². The third kappa shape index (κ3) is 2.49. The van der Waals surface area contributed by atoms with E-state index < -0.39 is 5.97 Å². The van der Waals surface area contributed by atoms with E-state index >= 15 is 0 Å². The first-order valence-electron chi connectivity index (χ1n) is 5.03. The van der Waals surface area contributed by atoms with Gasteiger partial charge in [-0.15, -0.1) is 5.92 Å². The maximum absolute atomic E-state index is 11.0. The van der Waals surface area contributed by atoms with Gasteiger partial charge in [0.1, 0.15) is 6.04 Å². The molecule has 2 unspecified atom stereocenters. The second-order valence-electron chi connectivity index (χ2n) is 3.80. The zero-order valence-electron chi connectivity index (χ0n) is 8.79. The van der Waals surface area contributed by atoms with Crippen molar-refractivity contribution >= 4 is 5.97 Å². The summed E-state index contributed by atoms with van der Waals surface area (Å²) in [5, 5.41) is 9.09. The summed E-state index contributed by atoms with van der Waals surface area (Å²) in [6, 6.07) is -0.343. The van der Waals surface area contributed by atoms with Crippen LogP contribution in [0.2, 0.25) is 0 Å². The highest BCUT2D eigenvalue weighted by Gasteiger charge is 2.33. The van der Waals surface area contributed by atoms with Gasteiger partial charge < -0.3 is 5.11 Å². The monoisotopic (exact) mass is 195 g/mol. The van der Waals surface area contributed by atoms with Crippen LogP contribution in [-0.2, 0) is 4.79 Å². The molecule has 3 heteroatoms. The van der Waals surface area contributed by atoms with Crippen molar-refractivity contribution in [2.24, 2.45) is 5.92 Å². The van der Waals surface area contributed by atoms with E-state index in [1.54, 1.807) is 6.92 Å². The summed E-state index contributed by atoms with van der Waals surface area (Å²) < 4.78 is 0. The van der Waals surface area contributed by atoms with Crippen LogP contribution in [0.3, 0.4) is 0 Å². The minimum atomic E-state index is -0.713. The molecule has 1 fully saturated rings. The number of likely N-dealkylation sites (tertiary alicyclic amines) is 1. The van der Waals surface area contributed by atoms with Gasteiger partial charge in [0, 0.05) is 0 Å². The quantitative estimate of drug-likeness (QED) is 0.673. The second-order valence-corrected chi connectivity index (χ2v) is 3.80. The van der Waals surface area contributed by atoms with Gasteiger partial charge in [0.25, 0.3) is 0 Å². The largest absolute Gasteiger partial charge is 0.480 e. The number of nitrogens with zero attached hydrogens (tertiary/aromatic N) is 1. The number of carbonyl (C=O) groups is 1. The Kier molecular flexibility index (Phi) is 3.97. The van der Waals surface area contributed by atoms with Crippen molar-refractivity contribution in [1.29, 1.82) is 0 Å². The third-order valence-corrected chi connectivity index (χ3v) is 2.75. The molecule has 0 aliphatic carbocycles. The molecule has 0 spiro atoms. The molecule has 0 saturated carbocycles. The van der Waals surface area contributed by atoms with Crippen LogP contribution in [0.15, 0.2) is 0 Å². The third-order valence-electron chi connectivity index (χ3n) is 2.75. The number of piperidine rings is 1. The summed E-state index contributed by atoms with van der Waals surface area (Å²) in [6.45, 7) is 5.22. The van der Waals surface area contributed by atoms with Crippen LogP contribution in [-0.4, -0.2) is 35.1 Å². The Morgan fingerprint density at radius 3 is 2.93 bits per heavy atom. The fourth-order valence-electron chi connectivity index (χ4n) is 2.03. The van der Waals surface area contributed by atoms with E-state index in [1.165, 1.54) is 0 Å². The van der Waals surface area contributed by atoms with E-state index in [-0.39, 0.29) is 12.0 Å². The Hall–Kier alpha value is -1.01. The average Bonchev–Trinajstić information content (AvgIpc) is 2.14. The summed E-state index contributed by atoms with van der Waals surface area (Å²) >= 11 is 0. The first-order valence-corrected chi connectivity index (χ1v) is 5.03. The molecule has 0 aromatic rings. The van der Waals surface area contributed by atoms with Gasteiger partial charge in [-0.05, 0) is 32.2 Å². The Morgan fingerprint density at radius 2 is 2.36 bits per heavy atom. The van der Waals surface area contributed by atoms with Gasteiger partial charge in [-0.1, -0.05) is 12.8 Å². The van der Waals surface area contributed by atoms with Crippen molar-refractivity contribution in [3.63, 3.8) is 0 Å². The molecule has 0 bridgehead atoms. The van der Waals surface area contributed by atoms with Crippen molar-refractivity contribution in [3.8, 4) is 11.8 Å². The molecule has 1 heterocycles. The topological polar surface area (TPSA) is 40.5 Å². The molecule has 14 heavy (non-hydrogen) atoms. The molecule has 78 valence electrons. The molecule has 3 nitrogen and oxygen atoms in total. The summed E-state index contributed by atoms with van der Waals surface area (Å²) in [5.74, 6) is 5.26. The molecular weight excluding hydrogens is 178 g/mol. The Morgan fingerprint density at radius 1 is 1.64 bits per heavy atom. The summed E-state index contributed by atoms with van der Waals surface area (Å²) in [7, 11) is 0. The zero-order chi connectivity index (χ0) is 10.6. The van der Waals surface area contributed by atoms with Gasteiger partial charge in [0.2, 0.25) is 0 Å². The number of aliphatic carboxylic acids is 1. The van der Waals surface area contributed by atoms with Crippen molar-refractivity contribution in [3.05, 3.63) is 0 Å². The summed E-state index contributed by atoms with van der Waals surface area (Å²) in [5.41, 5.74) is 0. The minimum absolute atomic E-state index is 0.236. The fourth-order valence-corrected chi connectivity index (χ4v) is 2.03. The van der Waals surface area contributed by atoms with E-state index in [2.05, 4.69) is 11.8 Å². The lowest BCUT2D eigenvalue weighted by atomic mass is 9.91. The van der Waals surface area contributed by atoms with E-state index in [0.717, 1.165) is 19.4 Å². The molecule has 0 amide bonds. The highest BCUT2D eigenvalue weighted by atomic mass is 16.4. The first kappa shape index (κ1) is 11.1. The van der Waals surface area contributed by atoms with Gasteiger partial charge in [-0.3, -0.25) is 9.69 Å². The van der Waals surface area contributed by atoms with Gasteiger partial charge in [0.05, 0.1) is 6.54 Å². The predicted molar refractivity (Wildman–Crippen MR) is 54.8 cm³/mol. The molecule has 1 saturated heterocycles. The summed E-state index contributed by atoms with van der Waals surface area (Å²) in [4.78, 5) is 13.0. The lowest BCUT2D eigenvalue weighted by Crippen LogP contribution is -2.49. The average molecular weight is 195 g/mol. The fraction of sp³-hybridized carbons (Fsp3) is 0.727. The van der Waals surface area contributed by atoms with E-state index in [4.69, 9.17) is 5.11 Å². The van der Waals surface area contributed by atoms with Crippen LogP contribution in [0.4, 0.5) is 0 Å². The van der Waals surface area contributed by atoms with E-state index in [0.29, 0.717) is 6.54 Å². The molecule has 1 aliphatic heterocycles. The normalized spacial score (nSPS) is 27.9. The number of hydrogen-bond acceptors (Lipinski definition) is 2. The highest BCUT2D eigenvalue weighted by molar-refractivity contribution is 5.74. The second kappa shape index (κ2) is 5.02. The van der Waals surface area contributed by atoms with Gasteiger partial charge >= 0.3 is 5.97 Å². The molecular formula is C11H17NO2. The molecule has 2 atom stereocenters. The Bertz CT molecular complexity index is 264. The van der Waals surface area contributed by atoms with Crippen molar-refractivity contribution in [1.82, 2.24) is 4.90 Å². The Labute approximate surface area is 85.1 Å². The zero-order valence-corrected chi connectivity index (χ0v) is 8.79. The SMILES string of the molecule is CC#CCN1CCCC(C)C1C(=O)O. The van der Waals surface area contributed by atoms with Crippen LogP contribution in [0.25, 0.3) is 0 Å². The maximum atomic E-state index is 11.0. The minimum Gasteiger partial charge on any atom is -0.480 e. The molecule has 0 radical (unpaired) electrons. The lowest BCUT2D eigenvalue weighted by Gasteiger charge is -2.35. The maximum Gasteiger partial charge on any atom is 0.321 e. The van der Waals surface area contributed by atoms with Crippen LogP contribution < -0.4 is 0 Å².